The van der Waals surface area contributed by atoms with E-state index in [0.29, 0.717) is 0 Å². The van der Waals surface area contributed by atoms with Gasteiger partial charge in [0.05, 0.1) is 11.6 Å². The zero-order valence-electron chi connectivity index (χ0n) is 34.7. The molecule has 16 nitrogen and oxygen atoms in total. The van der Waals surface area contributed by atoms with Crippen LogP contribution in [0.25, 0.3) is 17.0 Å². The average molecular weight is 811 g/mol. The number of hydrogen-bond acceptors (Lipinski definition) is 14. The Kier molecular flexibility index (Phi) is 14.0. The molecule has 318 valence electrons. The number of hydrogen-bond donors (Lipinski definition) is 4. The van der Waals surface area contributed by atoms with Gasteiger partial charge in [0.15, 0.2) is 24.0 Å². The molecule has 0 saturated carbocycles. The third-order valence-electron chi connectivity index (χ3n) is 11.9. The third-order valence-corrected chi connectivity index (χ3v) is 11.9. The van der Waals surface area contributed by atoms with Gasteiger partial charge in [-0.05, 0) is 65.4 Å². The van der Waals surface area contributed by atoms with E-state index in [4.69, 9.17) is 23.7 Å². The van der Waals surface area contributed by atoms with E-state index in [1.807, 2.05) is 30.3 Å². The van der Waals surface area contributed by atoms with Crippen molar-refractivity contribution in [3.05, 3.63) is 48.2 Å². The maximum atomic E-state index is 14.4. The molecule has 0 radical (unpaired) electrons. The molecule has 5 rings (SSSR count). The number of aromatic nitrogens is 1. The van der Waals surface area contributed by atoms with Crippen LogP contribution in [0.2, 0.25) is 0 Å². The van der Waals surface area contributed by atoms with Crippen LogP contribution in [0.3, 0.4) is 0 Å². The Labute approximate surface area is 338 Å². The first-order chi connectivity index (χ1) is 27.3. The molecule has 16 heteroatoms. The first-order valence-corrected chi connectivity index (χ1v) is 19.9. The SMILES string of the molecule is CC[C@H]1OC(=O)[C@H](C)C(=O)[C@H](C)[C@@H](O[C@@H]2O[C@H](O)C[C@H](N(C)C)[C@H]2O)[C@](C)(OC(=O)NC/C=C/c2cnc3ccccc3c2)C[C@@H](C)C(=O)[C@H](C)[C@@H]2NC(=O)O[C@]12C. The molecule has 3 fully saturated rings. The molecule has 3 saturated heterocycles. The van der Waals surface area contributed by atoms with Crippen molar-refractivity contribution in [1.82, 2.24) is 20.5 Å². The summed E-state index contributed by atoms with van der Waals surface area (Å²) in [5.74, 6) is -6.30. The summed E-state index contributed by atoms with van der Waals surface area (Å²) < 4.78 is 29.9. The molecule has 1 aromatic carbocycles. The van der Waals surface area contributed by atoms with Crippen molar-refractivity contribution in [3.8, 4) is 0 Å². The van der Waals surface area contributed by atoms with Gasteiger partial charge in [0.25, 0.3) is 0 Å². The van der Waals surface area contributed by atoms with E-state index in [9.17, 15) is 34.2 Å². The summed E-state index contributed by atoms with van der Waals surface area (Å²) in [6, 6.07) is 8.07. The van der Waals surface area contributed by atoms with Gasteiger partial charge in [-0.3, -0.25) is 19.4 Å². The fourth-order valence-electron chi connectivity index (χ4n) is 8.64. The Morgan fingerprint density at radius 3 is 2.47 bits per heavy atom. The van der Waals surface area contributed by atoms with E-state index in [-0.39, 0.29) is 31.6 Å². The van der Waals surface area contributed by atoms with Crippen LogP contribution in [-0.4, -0.2) is 125 Å². The lowest BCUT2D eigenvalue weighted by Crippen LogP contribution is -2.61. The van der Waals surface area contributed by atoms with Gasteiger partial charge in [-0.25, -0.2) is 9.59 Å². The molecule has 1 aromatic heterocycles. The third kappa shape index (κ3) is 9.52. The van der Waals surface area contributed by atoms with Gasteiger partial charge in [-0.15, -0.1) is 0 Å². The number of carbonyl (C=O) groups is 5. The number of para-hydroxylation sites is 1. The van der Waals surface area contributed by atoms with Crippen LogP contribution < -0.4 is 10.6 Å². The van der Waals surface area contributed by atoms with Crippen molar-refractivity contribution in [3.63, 3.8) is 0 Å². The number of esters is 1. The maximum Gasteiger partial charge on any atom is 0.408 e. The Balaban J connectivity index is 1.51. The molecule has 3 aliphatic rings. The molecule has 0 spiro atoms. The highest BCUT2D eigenvalue weighted by molar-refractivity contribution is 6.00. The van der Waals surface area contributed by atoms with Gasteiger partial charge >= 0.3 is 18.2 Å². The Morgan fingerprint density at radius 1 is 1.07 bits per heavy atom. The highest BCUT2D eigenvalue weighted by Gasteiger charge is 2.57. The molecule has 13 atom stereocenters. The number of ether oxygens (including phenoxy) is 5. The number of aliphatic hydroxyl groups is 2. The van der Waals surface area contributed by atoms with E-state index >= 15 is 0 Å². The van der Waals surface area contributed by atoms with Gasteiger partial charge in [-0.2, -0.15) is 0 Å². The number of amides is 2. The molecular formula is C42H58N4O12. The second kappa shape index (κ2) is 18.2. The van der Waals surface area contributed by atoms with E-state index < -0.39 is 102 Å². The van der Waals surface area contributed by atoms with E-state index in [2.05, 4.69) is 15.6 Å². The molecule has 4 heterocycles. The summed E-state index contributed by atoms with van der Waals surface area (Å²) in [5, 5.41) is 28.5. The Morgan fingerprint density at radius 2 is 1.78 bits per heavy atom. The predicted octanol–water partition coefficient (Wildman–Crippen LogP) is 3.75. The van der Waals surface area contributed by atoms with Crippen molar-refractivity contribution < 1.29 is 57.9 Å². The molecule has 4 N–H and O–H groups in total. The standard InChI is InChI=1S/C42H58N4O12/c1-10-30-42(7)35(45-40(53)58-42)23(3)32(48)22(2)20-41(6,57-39(52)43-17-13-14-26-18-27-15-11-12-16-28(27)44-21-26)36(24(4)33(49)25(5)37(51)54-30)56-38-34(50)29(46(8)9)19-31(47)55-38/h11-16,18,21-25,29-31,34-36,38,47,50H,10,17,19-20H2,1-9H3,(H,43,52)(H,45,53)/b14-13+/t22-,23+,24+,25-,29+,30-,31+,34-,35+,36-,38+,41-,42-/m1/s1. The van der Waals surface area contributed by atoms with E-state index in [0.717, 1.165) is 16.5 Å². The molecule has 0 aliphatic carbocycles. The van der Waals surface area contributed by atoms with Gasteiger partial charge in [0, 0.05) is 48.3 Å². The van der Waals surface area contributed by atoms with Gasteiger partial charge in [0.1, 0.15) is 35.6 Å². The lowest BCUT2D eigenvalue weighted by Gasteiger charge is -2.46. The molecule has 0 bridgehead atoms. The van der Waals surface area contributed by atoms with Crippen molar-refractivity contribution in [1.29, 1.82) is 0 Å². The van der Waals surface area contributed by atoms with Crippen LogP contribution in [0.1, 0.15) is 73.3 Å². The molecule has 2 amide bonds. The largest absolute Gasteiger partial charge is 0.458 e. The van der Waals surface area contributed by atoms with Crippen LogP contribution in [0.5, 0.6) is 0 Å². The minimum absolute atomic E-state index is 0.0237. The number of rotatable bonds is 8. The number of ketones is 2. The molecular weight excluding hydrogens is 752 g/mol. The maximum absolute atomic E-state index is 14.4. The summed E-state index contributed by atoms with van der Waals surface area (Å²) in [5.41, 5.74) is -1.64. The van der Waals surface area contributed by atoms with Crippen molar-refractivity contribution in [2.24, 2.45) is 23.7 Å². The number of benzene rings is 1. The highest BCUT2D eigenvalue weighted by atomic mass is 16.7. The van der Waals surface area contributed by atoms with Crippen LogP contribution >= 0.6 is 0 Å². The lowest BCUT2D eigenvalue weighted by molar-refractivity contribution is -0.326. The first-order valence-electron chi connectivity index (χ1n) is 19.9. The fourth-order valence-corrected chi connectivity index (χ4v) is 8.64. The second-order valence-electron chi connectivity index (χ2n) is 16.5. The number of pyridine rings is 1. The van der Waals surface area contributed by atoms with Crippen molar-refractivity contribution >= 4 is 46.7 Å². The number of nitrogens with zero attached hydrogens (tertiary/aromatic N) is 2. The zero-order valence-corrected chi connectivity index (χ0v) is 34.7. The minimum atomic E-state index is -1.82. The average Bonchev–Trinajstić information content (AvgIpc) is 3.50. The number of aliphatic hydroxyl groups excluding tert-OH is 2. The topological polar surface area (TPSA) is 212 Å². The number of Topliss-reactive ketones (excluding diaryl/α,β-unsaturated/α-hetero) is 2. The van der Waals surface area contributed by atoms with Crippen LogP contribution in [-0.2, 0) is 38.1 Å². The Hall–Kier alpha value is -4.48. The van der Waals surface area contributed by atoms with Crippen LogP contribution in [0, 0.1) is 23.7 Å². The van der Waals surface area contributed by atoms with Gasteiger partial charge in [0.2, 0.25) is 0 Å². The summed E-state index contributed by atoms with van der Waals surface area (Å²) in [4.78, 5) is 75.1. The van der Waals surface area contributed by atoms with Crippen LogP contribution in [0.15, 0.2) is 42.6 Å². The summed E-state index contributed by atoms with van der Waals surface area (Å²) in [6.07, 6.45) is -3.15. The predicted molar refractivity (Wildman–Crippen MR) is 211 cm³/mol. The van der Waals surface area contributed by atoms with E-state index in [1.54, 1.807) is 65.0 Å². The smallest absolute Gasteiger partial charge is 0.408 e. The first kappa shape index (κ1) is 44.6. The molecule has 3 aliphatic heterocycles. The molecule has 0 unspecified atom stereocenters. The summed E-state index contributed by atoms with van der Waals surface area (Å²) >= 11 is 0. The number of cyclic esters (lactones) is 1. The van der Waals surface area contributed by atoms with Crippen LogP contribution in [0.4, 0.5) is 9.59 Å². The minimum Gasteiger partial charge on any atom is -0.458 e. The van der Waals surface area contributed by atoms with Crippen molar-refractivity contribution in [2.75, 3.05) is 20.6 Å². The normalized spacial score (nSPS) is 36.5. The highest BCUT2D eigenvalue weighted by Crippen LogP contribution is 2.40. The number of likely N-dealkylation sites (N-methyl/N-ethyl adjacent to an activating group) is 1. The number of alkyl carbamates (subject to hydrolysis) is 2. The molecule has 2 aromatic rings. The van der Waals surface area contributed by atoms with Gasteiger partial charge < -0.3 is 49.4 Å². The zero-order chi connectivity index (χ0) is 42.7. The van der Waals surface area contributed by atoms with Crippen molar-refractivity contribution in [2.45, 2.75) is 122 Å². The number of nitrogens with one attached hydrogen (secondary N) is 2. The Bertz CT molecular complexity index is 1870. The lowest BCUT2D eigenvalue weighted by atomic mass is 9.73. The molecule has 58 heavy (non-hydrogen) atoms. The number of fused-ring (bicyclic) bond motifs is 2. The quantitative estimate of drug-likeness (QED) is 0.170. The van der Waals surface area contributed by atoms with Gasteiger partial charge in [-0.1, -0.05) is 58.0 Å². The summed E-state index contributed by atoms with van der Waals surface area (Å²) in [6.45, 7) is 11.0. The number of carbonyl (C=O) groups excluding carboxylic acids is 5. The monoisotopic (exact) mass is 810 g/mol. The van der Waals surface area contributed by atoms with E-state index in [1.165, 1.54) is 20.8 Å². The second-order valence-corrected chi connectivity index (χ2v) is 16.5. The summed E-state index contributed by atoms with van der Waals surface area (Å²) in [7, 11) is 3.43. The fraction of sp³-hybridized carbons (Fsp3) is 0.619.